The van der Waals surface area contributed by atoms with Crippen LogP contribution in [-0.2, 0) is 4.79 Å². The summed E-state index contributed by atoms with van der Waals surface area (Å²) in [5.41, 5.74) is 1.49. The molecule has 2 N–H and O–H groups in total. The minimum atomic E-state index is -0.448. The maximum atomic E-state index is 12.7. The van der Waals surface area contributed by atoms with E-state index in [1.807, 2.05) is 19.1 Å². The summed E-state index contributed by atoms with van der Waals surface area (Å²) in [6.45, 7) is 1.82. The van der Waals surface area contributed by atoms with Gasteiger partial charge in [-0.25, -0.2) is 5.10 Å². The summed E-state index contributed by atoms with van der Waals surface area (Å²) in [5, 5.41) is 9.76. The number of aryl methyl sites for hydroxylation is 1. The number of benzene rings is 2. The predicted molar refractivity (Wildman–Crippen MR) is 99.1 cm³/mol. The lowest BCUT2D eigenvalue weighted by atomic mass is 10.1. The van der Waals surface area contributed by atoms with Crippen molar-refractivity contribution in [3.63, 3.8) is 0 Å². The van der Waals surface area contributed by atoms with Gasteiger partial charge >= 0.3 is 0 Å². The van der Waals surface area contributed by atoms with Crippen LogP contribution in [0.5, 0.6) is 0 Å². The molecule has 0 saturated carbocycles. The van der Waals surface area contributed by atoms with Crippen LogP contribution in [0, 0.1) is 6.92 Å². The largest absolute Gasteiger partial charge is 0.331 e. The number of likely N-dealkylation sites (N-methyl/N-ethyl adjacent to an activating group) is 1. The number of aromatic amines is 1. The van der Waals surface area contributed by atoms with Gasteiger partial charge in [0.1, 0.15) is 0 Å². The summed E-state index contributed by atoms with van der Waals surface area (Å²) >= 11 is 0. The van der Waals surface area contributed by atoms with Crippen molar-refractivity contribution in [3.8, 4) is 0 Å². The Morgan fingerprint density at radius 1 is 1.08 bits per heavy atom. The van der Waals surface area contributed by atoms with E-state index in [-0.39, 0.29) is 23.7 Å². The van der Waals surface area contributed by atoms with Crippen molar-refractivity contribution >= 4 is 28.3 Å². The number of hydrogen-bond acceptors (Lipinski definition) is 4. The fourth-order valence-electron chi connectivity index (χ4n) is 2.58. The molecule has 0 radical (unpaired) electrons. The number of nitrogens with zero attached hydrogens (tertiary/aromatic N) is 2. The minimum Gasteiger partial charge on any atom is -0.331 e. The van der Waals surface area contributed by atoms with Crippen LogP contribution < -0.4 is 10.9 Å². The van der Waals surface area contributed by atoms with E-state index in [1.54, 1.807) is 36.4 Å². The number of carbonyl (C=O) groups excluding carboxylic acids is 2. The molecule has 0 atom stereocenters. The summed E-state index contributed by atoms with van der Waals surface area (Å²) in [6.07, 6.45) is 0. The van der Waals surface area contributed by atoms with Gasteiger partial charge in [-0.2, -0.15) is 5.10 Å². The Morgan fingerprint density at radius 3 is 2.42 bits per heavy atom. The van der Waals surface area contributed by atoms with Gasteiger partial charge in [0.2, 0.25) is 5.91 Å². The van der Waals surface area contributed by atoms with Crippen LogP contribution in [0.3, 0.4) is 0 Å². The standard InChI is InChI=1S/C19H18N4O3/c1-12-7-9-13(10-8-12)20-16(24)11-23(2)19(26)17-14-5-3-4-6-15(14)18(25)22-21-17/h3-10H,11H2,1-2H3,(H,20,24)(H,22,25). The molecule has 26 heavy (non-hydrogen) atoms. The zero-order valence-corrected chi connectivity index (χ0v) is 14.4. The Morgan fingerprint density at radius 2 is 1.73 bits per heavy atom. The molecule has 132 valence electrons. The Labute approximate surface area is 149 Å². The smallest absolute Gasteiger partial charge is 0.275 e. The molecule has 3 rings (SSSR count). The topological polar surface area (TPSA) is 95.2 Å². The van der Waals surface area contributed by atoms with Crippen molar-refractivity contribution in [1.29, 1.82) is 0 Å². The molecular weight excluding hydrogens is 332 g/mol. The van der Waals surface area contributed by atoms with Gasteiger partial charge in [0.15, 0.2) is 5.69 Å². The summed E-state index contributed by atoms with van der Waals surface area (Å²) in [5.74, 6) is -0.769. The molecule has 7 heteroatoms. The molecule has 0 aliphatic rings. The van der Waals surface area contributed by atoms with Crippen LogP contribution in [0.1, 0.15) is 16.1 Å². The van der Waals surface area contributed by atoms with Crippen LogP contribution in [-0.4, -0.2) is 40.5 Å². The molecule has 7 nitrogen and oxygen atoms in total. The normalized spacial score (nSPS) is 10.5. The minimum absolute atomic E-state index is 0.103. The highest BCUT2D eigenvalue weighted by Crippen LogP contribution is 2.14. The number of anilines is 1. The molecule has 2 amide bonds. The second-order valence-electron chi connectivity index (χ2n) is 6.02. The number of amides is 2. The lowest BCUT2D eigenvalue weighted by molar-refractivity contribution is -0.116. The third-order valence-corrected chi connectivity index (χ3v) is 3.96. The molecule has 3 aromatic rings. The molecule has 0 aliphatic carbocycles. The first-order chi connectivity index (χ1) is 12.5. The van der Waals surface area contributed by atoms with Crippen molar-refractivity contribution in [2.24, 2.45) is 0 Å². The van der Waals surface area contributed by atoms with E-state index in [4.69, 9.17) is 0 Å². The number of rotatable bonds is 4. The highest BCUT2D eigenvalue weighted by atomic mass is 16.2. The van der Waals surface area contributed by atoms with Crippen LogP contribution in [0.4, 0.5) is 5.69 Å². The molecule has 1 aromatic heterocycles. The predicted octanol–water partition coefficient (Wildman–Crippen LogP) is 1.94. The molecule has 0 saturated heterocycles. The van der Waals surface area contributed by atoms with E-state index in [1.165, 1.54) is 11.9 Å². The van der Waals surface area contributed by atoms with Crippen LogP contribution in [0.2, 0.25) is 0 Å². The molecule has 0 spiro atoms. The highest BCUT2D eigenvalue weighted by Gasteiger charge is 2.20. The third-order valence-electron chi connectivity index (χ3n) is 3.96. The van der Waals surface area contributed by atoms with Crippen molar-refractivity contribution < 1.29 is 9.59 Å². The maximum absolute atomic E-state index is 12.7. The summed E-state index contributed by atoms with van der Waals surface area (Å²) in [7, 11) is 1.51. The van der Waals surface area contributed by atoms with E-state index in [0.29, 0.717) is 16.5 Å². The van der Waals surface area contributed by atoms with Gasteiger partial charge in [0.05, 0.1) is 11.9 Å². The van der Waals surface area contributed by atoms with Crippen molar-refractivity contribution in [1.82, 2.24) is 15.1 Å². The van der Waals surface area contributed by atoms with Crippen molar-refractivity contribution in [2.75, 3.05) is 18.9 Å². The first-order valence-corrected chi connectivity index (χ1v) is 8.05. The van der Waals surface area contributed by atoms with E-state index >= 15 is 0 Å². The second kappa shape index (κ2) is 7.18. The zero-order chi connectivity index (χ0) is 18.7. The molecule has 1 heterocycles. The highest BCUT2D eigenvalue weighted by molar-refractivity contribution is 6.06. The van der Waals surface area contributed by atoms with Gasteiger partial charge in [0.25, 0.3) is 11.5 Å². The quantitative estimate of drug-likeness (QED) is 0.752. The van der Waals surface area contributed by atoms with Gasteiger partial charge in [-0.15, -0.1) is 0 Å². The SMILES string of the molecule is Cc1ccc(NC(=O)CN(C)C(=O)c2n[nH]c(=O)c3ccccc23)cc1. The second-order valence-corrected chi connectivity index (χ2v) is 6.02. The number of hydrogen-bond donors (Lipinski definition) is 2. The van der Waals surface area contributed by atoms with E-state index in [0.717, 1.165) is 5.56 Å². The number of H-pyrrole nitrogens is 1. The van der Waals surface area contributed by atoms with Gasteiger partial charge in [-0.1, -0.05) is 35.9 Å². The van der Waals surface area contributed by atoms with Gasteiger partial charge in [0, 0.05) is 18.1 Å². The van der Waals surface area contributed by atoms with Crippen LogP contribution in [0.25, 0.3) is 10.8 Å². The summed E-state index contributed by atoms with van der Waals surface area (Å²) < 4.78 is 0. The lowest BCUT2D eigenvalue weighted by Gasteiger charge is -2.17. The molecule has 0 aliphatic heterocycles. The Balaban J connectivity index is 1.76. The summed E-state index contributed by atoms with van der Waals surface area (Å²) in [4.78, 5) is 37.9. The number of nitrogens with one attached hydrogen (secondary N) is 2. The number of fused-ring (bicyclic) bond motifs is 1. The fourth-order valence-corrected chi connectivity index (χ4v) is 2.58. The van der Waals surface area contributed by atoms with Crippen LogP contribution >= 0.6 is 0 Å². The molecule has 0 bridgehead atoms. The van der Waals surface area contributed by atoms with E-state index in [9.17, 15) is 14.4 Å². The van der Waals surface area contributed by atoms with Crippen molar-refractivity contribution in [3.05, 3.63) is 70.1 Å². The van der Waals surface area contributed by atoms with Gasteiger partial charge in [-0.3, -0.25) is 14.4 Å². The van der Waals surface area contributed by atoms with Gasteiger partial charge in [-0.05, 0) is 25.1 Å². The molecule has 0 unspecified atom stereocenters. The number of carbonyl (C=O) groups is 2. The first-order valence-electron chi connectivity index (χ1n) is 8.05. The fraction of sp³-hybridized carbons (Fsp3) is 0.158. The van der Waals surface area contributed by atoms with E-state index in [2.05, 4.69) is 15.5 Å². The Kier molecular flexibility index (Phi) is 4.79. The van der Waals surface area contributed by atoms with Crippen molar-refractivity contribution in [2.45, 2.75) is 6.92 Å². The average molecular weight is 350 g/mol. The zero-order valence-electron chi connectivity index (χ0n) is 14.4. The Hall–Kier alpha value is -3.48. The molecule has 2 aromatic carbocycles. The lowest BCUT2D eigenvalue weighted by Crippen LogP contribution is -2.36. The van der Waals surface area contributed by atoms with E-state index < -0.39 is 5.91 Å². The monoisotopic (exact) mass is 350 g/mol. The third kappa shape index (κ3) is 3.61. The average Bonchev–Trinajstić information content (AvgIpc) is 2.63. The van der Waals surface area contributed by atoms with Crippen LogP contribution in [0.15, 0.2) is 53.3 Å². The number of aromatic nitrogens is 2. The maximum Gasteiger partial charge on any atom is 0.275 e. The Bertz CT molecular complexity index is 1020. The van der Waals surface area contributed by atoms with Gasteiger partial charge < -0.3 is 10.2 Å². The molecular formula is C19H18N4O3. The summed E-state index contributed by atoms with van der Waals surface area (Å²) in [6, 6.07) is 14.1. The molecule has 0 fully saturated rings. The first kappa shape index (κ1) is 17.3.